The van der Waals surface area contributed by atoms with Crippen LogP contribution in [0.3, 0.4) is 0 Å². The van der Waals surface area contributed by atoms with Crippen LogP contribution in [0.15, 0.2) is 18.2 Å². The molecule has 0 heterocycles. The molecule has 2 unspecified atom stereocenters. The average Bonchev–Trinajstić information content (AvgIpc) is 2.38. The fourth-order valence-electron chi connectivity index (χ4n) is 1.68. The summed E-state index contributed by atoms with van der Waals surface area (Å²) in [6.45, 7) is 6.51. The minimum absolute atomic E-state index is 0.167. The van der Waals surface area contributed by atoms with Gasteiger partial charge in [-0.1, -0.05) is 31.9 Å². The van der Waals surface area contributed by atoms with Gasteiger partial charge in [0.25, 0.3) is 5.91 Å². The molecular formula is C14H21ClN2O. The second kappa shape index (κ2) is 6.64. The van der Waals surface area contributed by atoms with Crippen LogP contribution in [-0.2, 0) is 0 Å². The zero-order valence-electron chi connectivity index (χ0n) is 11.4. The fourth-order valence-corrected chi connectivity index (χ4v) is 1.89. The highest BCUT2D eigenvalue weighted by Gasteiger charge is 2.13. The van der Waals surface area contributed by atoms with Crippen molar-refractivity contribution in [3.05, 3.63) is 28.8 Å². The summed E-state index contributed by atoms with van der Waals surface area (Å²) in [6.07, 6.45) is 1.12. The maximum absolute atomic E-state index is 11.6. The zero-order valence-corrected chi connectivity index (χ0v) is 12.1. The summed E-state index contributed by atoms with van der Waals surface area (Å²) in [7, 11) is 1.60. The number of rotatable bonds is 5. The van der Waals surface area contributed by atoms with Gasteiger partial charge in [0, 0.05) is 18.8 Å². The Bertz CT molecular complexity index is 420. The lowest BCUT2D eigenvalue weighted by molar-refractivity contribution is 0.0963. The van der Waals surface area contributed by atoms with Crippen LogP contribution in [0.1, 0.15) is 37.6 Å². The molecule has 0 aliphatic carbocycles. The Morgan fingerprint density at radius 3 is 2.61 bits per heavy atom. The summed E-state index contributed by atoms with van der Waals surface area (Å²) in [5.74, 6) is 0.406. The molecule has 0 aromatic heterocycles. The van der Waals surface area contributed by atoms with Gasteiger partial charge in [-0.15, -0.1) is 0 Å². The molecule has 1 rings (SSSR count). The molecule has 0 radical (unpaired) electrons. The summed E-state index contributed by atoms with van der Waals surface area (Å²) >= 11 is 6.01. The summed E-state index contributed by atoms with van der Waals surface area (Å²) in [6, 6.07) is 5.79. The van der Waals surface area contributed by atoms with Crippen molar-refractivity contribution in [3.8, 4) is 0 Å². The van der Waals surface area contributed by atoms with Crippen LogP contribution in [0.4, 0.5) is 5.69 Å². The van der Waals surface area contributed by atoms with Gasteiger partial charge in [-0.25, -0.2) is 0 Å². The highest BCUT2D eigenvalue weighted by atomic mass is 35.5. The second-order valence-corrected chi connectivity index (χ2v) is 5.00. The first-order chi connectivity index (χ1) is 8.49. The van der Waals surface area contributed by atoms with E-state index in [1.165, 1.54) is 0 Å². The summed E-state index contributed by atoms with van der Waals surface area (Å²) < 4.78 is 0. The Morgan fingerprint density at radius 1 is 1.39 bits per heavy atom. The summed E-state index contributed by atoms with van der Waals surface area (Å²) in [4.78, 5) is 11.6. The lowest BCUT2D eigenvalue weighted by Crippen LogP contribution is -2.24. The van der Waals surface area contributed by atoms with Crippen molar-refractivity contribution in [1.29, 1.82) is 0 Å². The standard InChI is InChI=1S/C14H21ClN2O/c1-5-9(2)10(3)17-11-6-7-13(15)12(8-11)14(18)16-4/h6-10,17H,5H2,1-4H3,(H,16,18). The monoisotopic (exact) mass is 268 g/mol. The van der Waals surface area contributed by atoms with Gasteiger partial charge < -0.3 is 10.6 Å². The molecule has 4 heteroatoms. The van der Waals surface area contributed by atoms with Crippen LogP contribution >= 0.6 is 11.6 Å². The maximum Gasteiger partial charge on any atom is 0.252 e. The van der Waals surface area contributed by atoms with Crippen LogP contribution in [0, 0.1) is 5.92 Å². The minimum atomic E-state index is -0.167. The van der Waals surface area contributed by atoms with E-state index in [1.807, 2.05) is 6.07 Å². The van der Waals surface area contributed by atoms with Crippen molar-refractivity contribution in [2.45, 2.75) is 33.2 Å². The third-order valence-corrected chi connectivity index (χ3v) is 3.66. The summed E-state index contributed by atoms with van der Waals surface area (Å²) in [5, 5.41) is 6.45. The van der Waals surface area contributed by atoms with Crippen LogP contribution < -0.4 is 10.6 Å². The Hall–Kier alpha value is -1.22. The molecule has 0 aliphatic rings. The normalized spacial score (nSPS) is 13.8. The van der Waals surface area contributed by atoms with E-state index in [0.717, 1.165) is 12.1 Å². The van der Waals surface area contributed by atoms with E-state index < -0.39 is 0 Å². The molecule has 1 amide bonds. The quantitative estimate of drug-likeness (QED) is 0.858. The minimum Gasteiger partial charge on any atom is -0.382 e. The number of carbonyl (C=O) groups excluding carboxylic acids is 1. The molecule has 3 nitrogen and oxygen atoms in total. The van der Waals surface area contributed by atoms with Crippen LogP contribution in [0.5, 0.6) is 0 Å². The Labute approximate surface area is 114 Å². The predicted molar refractivity (Wildman–Crippen MR) is 77.4 cm³/mol. The second-order valence-electron chi connectivity index (χ2n) is 4.59. The van der Waals surface area contributed by atoms with Gasteiger partial charge in [-0.2, -0.15) is 0 Å². The highest BCUT2D eigenvalue weighted by Crippen LogP contribution is 2.22. The molecule has 0 bridgehead atoms. The molecule has 0 saturated heterocycles. The van der Waals surface area contributed by atoms with E-state index in [9.17, 15) is 4.79 Å². The topological polar surface area (TPSA) is 41.1 Å². The van der Waals surface area contributed by atoms with E-state index in [-0.39, 0.29) is 5.91 Å². The molecule has 0 spiro atoms. The zero-order chi connectivity index (χ0) is 13.7. The molecule has 2 atom stereocenters. The SMILES string of the molecule is CCC(C)C(C)Nc1ccc(Cl)c(C(=O)NC)c1. The van der Waals surface area contributed by atoms with Crippen LogP contribution in [0.25, 0.3) is 0 Å². The molecule has 100 valence electrons. The van der Waals surface area contributed by atoms with Crippen molar-refractivity contribution >= 4 is 23.2 Å². The number of benzene rings is 1. The van der Waals surface area contributed by atoms with Crippen molar-refractivity contribution in [2.75, 3.05) is 12.4 Å². The number of halogens is 1. The van der Waals surface area contributed by atoms with Gasteiger partial charge in [0.15, 0.2) is 0 Å². The molecule has 0 fully saturated rings. The van der Waals surface area contributed by atoms with Gasteiger partial charge in [0.05, 0.1) is 10.6 Å². The van der Waals surface area contributed by atoms with Crippen molar-refractivity contribution < 1.29 is 4.79 Å². The molecule has 0 aliphatic heterocycles. The molecular weight excluding hydrogens is 248 g/mol. The molecule has 1 aromatic rings. The van der Waals surface area contributed by atoms with E-state index >= 15 is 0 Å². The van der Waals surface area contributed by atoms with Gasteiger partial charge in [-0.05, 0) is 31.0 Å². The third-order valence-electron chi connectivity index (χ3n) is 3.33. The van der Waals surface area contributed by atoms with Crippen molar-refractivity contribution in [1.82, 2.24) is 5.32 Å². The smallest absolute Gasteiger partial charge is 0.252 e. The summed E-state index contributed by atoms with van der Waals surface area (Å²) in [5.41, 5.74) is 1.42. The number of hydrogen-bond donors (Lipinski definition) is 2. The Kier molecular flexibility index (Phi) is 5.48. The lowest BCUT2D eigenvalue weighted by atomic mass is 10.0. The highest BCUT2D eigenvalue weighted by molar-refractivity contribution is 6.34. The number of anilines is 1. The number of hydrogen-bond acceptors (Lipinski definition) is 2. The molecule has 2 N–H and O–H groups in total. The molecule has 1 aromatic carbocycles. The van der Waals surface area contributed by atoms with E-state index in [0.29, 0.717) is 22.5 Å². The first-order valence-electron chi connectivity index (χ1n) is 6.27. The van der Waals surface area contributed by atoms with E-state index in [2.05, 4.69) is 31.4 Å². The van der Waals surface area contributed by atoms with Gasteiger partial charge in [0.1, 0.15) is 0 Å². The number of carbonyl (C=O) groups is 1. The Balaban J connectivity index is 2.88. The average molecular weight is 269 g/mol. The van der Waals surface area contributed by atoms with E-state index in [4.69, 9.17) is 11.6 Å². The van der Waals surface area contributed by atoms with Gasteiger partial charge >= 0.3 is 0 Å². The van der Waals surface area contributed by atoms with E-state index in [1.54, 1.807) is 19.2 Å². The lowest BCUT2D eigenvalue weighted by Gasteiger charge is -2.21. The van der Waals surface area contributed by atoms with Crippen molar-refractivity contribution in [3.63, 3.8) is 0 Å². The van der Waals surface area contributed by atoms with Crippen LogP contribution in [-0.4, -0.2) is 19.0 Å². The maximum atomic E-state index is 11.6. The van der Waals surface area contributed by atoms with Crippen LogP contribution in [0.2, 0.25) is 5.02 Å². The number of nitrogens with one attached hydrogen (secondary N) is 2. The fraction of sp³-hybridized carbons (Fsp3) is 0.500. The van der Waals surface area contributed by atoms with Gasteiger partial charge in [-0.3, -0.25) is 4.79 Å². The molecule has 18 heavy (non-hydrogen) atoms. The third kappa shape index (κ3) is 3.64. The predicted octanol–water partition coefficient (Wildman–Crippen LogP) is 3.55. The first kappa shape index (κ1) is 14.8. The first-order valence-corrected chi connectivity index (χ1v) is 6.65. The van der Waals surface area contributed by atoms with Crippen molar-refractivity contribution in [2.24, 2.45) is 5.92 Å². The number of amides is 1. The molecule has 0 saturated carbocycles. The Morgan fingerprint density at radius 2 is 2.06 bits per heavy atom. The van der Waals surface area contributed by atoms with Gasteiger partial charge in [0.2, 0.25) is 0 Å². The largest absolute Gasteiger partial charge is 0.382 e.